The monoisotopic (exact) mass is 389 g/mol. The van der Waals surface area contributed by atoms with E-state index in [1.54, 1.807) is 16.3 Å². The summed E-state index contributed by atoms with van der Waals surface area (Å²) in [6.07, 6.45) is -0.376. The molecule has 120 valence electrons. The Kier molecular flexibility index (Phi) is 4.83. The number of ether oxygens (including phenoxy) is 1. The molecule has 4 N–H and O–H groups in total. The van der Waals surface area contributed by atoms with Crippen LogP contribution in [0.4, 0.5) is 5.82 Å². The van der Waals surface area contributed by atoms with Crippen molar-refractivity contribution in [3.05, 3.63) is 12.7 Å². The molecule has 0 radical (unpaired) electrons. The number of hydrogen-bond acceptors (Lipinski definition) is 8. The summed E-state index contributed by atoms with van der Waals surface area (Å²) in [5.74, 6) is 1.77. The third-order valence-corrected chi connectivity index (χ3v) is 5.48. The quantitative estimate of drug-likeness (QED) is 0.488. The van der Waals surface area contributed by atoms with E-state index in [2.05, 4.69) is 30.9 Å². The molecule has 2 aromatic heterocycles. The van der Waals surface area contributed by atoms with Crippen LogP contribution in [-0.2, 0) is 4.74 Å². The molecule has 1 aliphatic rings. The van der Waals surface area contributed by atoms with E-state index >= 15 is 0 Å². The summed E-state index contributed by atoms with van der Waals surface area (Å²) in [6.45, 7) is 0. The number of halogens is 1. The lowest BCUT2D eigenvalue weighted by Gasteiger charge is -2.16. The number of anilines is 1. The van der Waals surface area contributed by atoms with Crippen LogP contribution in [-0.4, -0.2) is 64.9 Å². The second-order valence-electron chi connectivity index (χ2n) is 4.89. The lowest BCUT2D eigenvalue weighted by atomic mass is 10.1. The Balaban J connectivity index is 1.83. The van der Waals surface area contributed by atoms with Crippen LogP contribution in [0.25, 0.3) is 11.2 Å². The number of aromatic nitrogens is 4. The van der Waals surface area contributed by atoms with Gasteiger partial charge in [0.2, 0.25) is 0 Å². The van der Waals surface area contributed by atoms with Gasteiger partial charge in [-0.2, -0.15) is 11.8 Å². The van der Waals surface area contributed by atoms with Crippen LogP contribution in [0.1, 0.15) is 6.23 Å². The Bertz CT molecular complexity index is 657. The molecule has 10 heteroatoms. The van der Waals surface area contributed by atoms with Gasteiger partial charge >= 0.3 is 0 Å². The third-order valence-electron chi connectivity index (χ3n) is 3.50. The van der Waals surface area contributed by atoms with Gasteiger partial charge in [0.15, 0.2) is 17.7 Å². The number of alkyl halides is 1. The molecule has 1 saturated heterocycles. The minimum absolute atomic E-state index is 0.265. The molecule has 8 nitrogen and oxygen atoms in total. The van der Waals surface area contributed by atoms with E-state index in [1.807, 2.05) is 0 Å². The van der Waals surface area contributed by atoms with Crippen LogP contribution in [0.2, 0.25) is 0 Å². The van der Waals surface area contributed by atoms with Gasteiger partial charge < -0.3 is 20.7 Å². The van der Waals surface area contributed by atoms with Crippen LogP contribution < -0.4 is 5.73 Å². The van der Waals surface area contributed by atoms with Crippen molar-refractivity contribution in [2.75, 3.05) is 22.6 Å². The van der Waals surface area contributed by atoms with E-state index < -0.39 is 24.5 Å². The van der Waals surface area contributed by atoms with Crippen molar-refractivity contribution in [1.82, 2.24) is 19.5 Å². The molecule has 4 atom stereocenters. The third kappa shape index (κ3) is 2.81. The summed E-state index contributed by atoms with van der Waals surface area (Å²) >= 11 is 5.00. The highest BCUT2D eigenvalue weighted by Gasteiger charge is 2.44. The predicted molar refractivity (Wildman–Crippen MR) is 86.8 cm³/mol. The van der Waals surface area contributed by atoms with Crippen molar-refractivity contribution in [3.63, 3.8) is 0 Å². The van der Waals surface area contributed by atoms with Gasteiger partial charge in [-0.3, -0.25) is 4.57 Å². The van der Waals surface area contributed by atoms with Gasteiger partial charge in [0, 0.05) is 16.8 Å². The first-order chi connectivity index (χ1) is 10.6. The lowest BCUT2D eigenvalue weighted by molar-refractivity contribution is -0.0288. The largest absolute Gasteiger partial charge is 0.387 e. The fourth-order valence-electron chi connectivity index (χ4n) is 2.41. The Morgan fingerprint density at radius 2 is 2.14 bits per heavy atom. The molecule has 3 rings (SSSR count). The number of aliphatic hydroxyl groups excluding tert-OH is 2. The Morgan fingerprint density at radius 3 is 2.91 bits per heavy atom. The molecule has 0 spiro atoms. The van der Waals surface area contributed by atoms with Crippen molar-refractivity contribution in [3.8, 4) is 0 Å². The van der Waals surface area contributed by atoms with E-state index in [0.717, 1.165) is 11.1 Å². The smallest absolute Gasteiger partial charge is 0.167 e. The zero-order chi connectivity index (χ0) is 15.7. The van der Waals surface area contributed by atoms with Crippen LogP contribution >= 0.6 is 27.7 Å². The molecule has 0 amide bonds. The van der Waals surface area contributed by atoms with E-state index in [-0.39, 0.29) is 5.82 Å². The molecule has 0 saturated carbocycles. The second-order valence-corrected chi connectivity index (χ2v) is 6.84. The number of rotatable bonds is 5. The fourth-order valence-corrected chi connectivity index (χ4v) is 3.88. The fraction of sp³-hybridized carbons (Fsp3) is 0.583. The summed E-state index contributed by atoms with van der Waals surface area (Å²) in [7, 11) is 0. The average Bonchev–Trinajstić information content (AvgIpc) is 3.05. The van der Waals surface area contributed by atoms with Crippen LogP contribution in [0.5, 0.6) is 0 Å². The van der Waals surface area contributed by atoms with Crippen LogP contribution in [0, 0.1) is 0 Å². The molecule has 3 heterocycles. The van der Waals surface area contributed by atoms with Crippen molar-refractivity contribution >= 4 is 44.7 Å². The molecular weight excluding hydrogens is 374 g/mol. The maximum atomic E-state index is 10.3. The number of nitrogens with zero attached hydrogens (tertiary/aromatic N) is 4. The Morgan fingerprint density at radius 1 is 1.32 bits per heavy atom. The number of nitrogen functional groups attached to an aromatic ring is 1. The van der Waals surface area contributed by atoms with Crippen LogP contribution in [0.15, 0.2) is 12.7 Å². The minimum atomic E-state index is -1.05. The van der Waals surface area contributed by atoms with E-state index in [0.29, 0.717) is 16.9 Å². The number of imidazole rings is 1. The molecular formula is C12H16BrN5O3S. The SMILES string of the molecule is Nc1ncnc2c1ncn2[C@@H]1O[C@H](CSCCBr)C(O)C1O. The first-order valence-corrected chi connectivity index (χ1v) is 8.99. The maximum absolute atomic E-state index is 10.3. The maximum Gasteiger partial charge on any atom is 0.167 e. The van der Waals surface area contributed by atoms with E-state index in [4.69, 9.17) is 10.5 Å². The first-order valence-electron chi connectivity index (χ1n) is 6.71. The summed E-state index contributed by atoms with van der Waals surface area (Å²) in [4.78, 5) is 12.2. The number of fused-ring (bicyclic) bond motifs is 1. The molecule has 0 bridgehead atoms. The van der Waals surface area contributed by atoms with Gasteiger partial charge in [0.05, 0.1) is 12.4 Å². The topological polar surface area (TPSA) is 119 Å². The molecule has 1 aliphatic heterocycles. The first kappa shape index (κ1) is 15.9. The minimum Gasteiger partial charge on any atom is -0.387 e. The highest BCUT2D eigenvalue weighted by Crippen LogP contribution is 2.33. The van der Waals surface area contributed by atoms with Gasteiger partial charge in [-0.15, -0.1) is 0 Å². The predicted octanol–water partition coefficient (Wildman–Crippen LogP) is 0.156. The molecule has 2 unspecified atom stereocenters. The van der Waals surface area contributed by atoms with E-state index in [9.17, 15) is 10.2 Å². The number of thioether (sulfide) groups is 1. The Hall–Kier alpha value is -0.940. The number of hydrogen-bond donors (Lipinski definition) is 3. The highest BCUT2D eigenvalue weighted by molar-refractivity contribution is 9.09. The van der Waals surface area contributed by atoms with Gasteiger partial charge in [-0.05, 0) is 0 Å². The van der Waals surface area contributed by atoms with Crippen molar-refractivity contribution in [2.24, 2.45) is 0 Å². The van der Waals surface area contributed by atoms with Crippen molar-refractivity contribution in [2.45, 2.75) is 24.5 Å². The van der Waals surface area contributed by atoms with E-state index in [1.165, 1.54) is 12.7 Å². The van der Waals surface area contributed by atoms with Crippen molar-refractivity contribution in [1.29, 1.82) is 0 Å². The lowest BCUT2D eigenvalue weighted by Crippen LogP contribution is -2.32. The molecule has 1 fully saturated rings. The molecule has 0 aromatic carbocycles. The molecule has 22 heavy (non-hydrogen) atoms. The standard InChI is InChI=1S/C12H16BrN5O3S/c13-1-2-22-3-6-8(19)9(20)12(21-6)18-5-17-7-10(14)15-4-16-11(7)18/h4-6,8-9,12,19-20H,1-3H2,(H2,14,15,16)/t6-,8?,9?,12-/m1/s1. The highest BCUT2D eigenvalue weighted by atomic mass is 79.9. The second kappa shape index (κ2) is 6.67. The van der Waals surface area contributed by atoms with Gasteiger partial charge in [-0.25, -0.2) is 15.0 Å². The van der Waals surface area contributed by atoms with Crippen LogP contribution in [0.3, 0.4) is 0 Å². The zero-order valence-electron chi connectivity index (χ0n) is 11.5. The van der Waals surface area contributed by atoms with Gasteiger partial charge in [0.25, 0.3) is 0 Å². The summed E-state index contributed by atoms with van der Waals surface area (Å²) < 4.78 is 7.39. The summed E-state index contributed by atoms with van der Waals surface area (Å²) in [5, 5.41) is 21.3. The number of aliphatic hydroxyl groups is 2. The summed E-state index contributed by atoms with van der Waals surface area (Å²) in [5.41, 5.74) is 6.67. The van der Waals surface area contributed by atoms with Gasteiger partial charge in [0.1, 0.15) is 24.1 Å². The molecule has 2 aromatic rings. The summed E-state index contributed by atoms with van der Waals surface area (Å²) in [6, 6.07) is 0. The normalized spacial score (nSPS) is 28.5. The number of nitrogens with two attached hydrogens (primary N) is 1. The zero-order valence-corrected chi connectivity index (χ0v) is 13.9. The van der Waals surface area contributed by atoms with Crippen molar-refractivity contribution < 1.29 is 14.9 Å². The van der Waals surface area contributed by atoms with Gasteiger partial charge in [-0.1, -0.05) is 15.9 Å². The average molecular weight is 390 g/mol. The Labute approximate surface area is 139 Å². The molecule has 0 aliphatic carbocycles.